The lowest BCUT2D eigenvalue weighted by molar-refractivity contribution is 0.150. The van der Waals surface area contributed by atoms with E-state index in [9.17, 15) is 0 Å². The number of para-hydroxylation sites is 1. The van der Waals surface area contributed by atoms with Crippen LogP contribution in [-0.2, 0) is 6.42 Å². The van der Waals surface area contributed by atoms with Crippen molar-refractivity contribution in [3.8, 4) is 29.0 Å². The molecule has 7 nitrogen and oxygen atoms in total. The number of anilines is 1. The Hall–Kier alpha value is -4.22. The predicted molar refractivity (Wildman–Crippen MR) is 168 cm³/mol. The second kappa shape index (κ2) is 13.4. The first kappa shape index (κ1) is 29.8. The highest BCUT2D eigenvalue weighted by Crippen LogP contribution is 2.36. The molecule has 2 aromatic heterocycles. The van der Waals surface area contributed by atoms with Gasteiger partial charge >= 0.3 is 0 Å². The summed E-state index contributed by atoms with van der Waals surface area (Å²) in [6, 6.07) is 30.5. The number of nitrogens with one attached hydrogen (secondary N) is 3. The van der Waals surface area contributed by atoms with Crippen molar-refractivity contribution in [2.24, 2.45) is 0 Å². The summed E-state index contributed by atoms with van der Waals surface area (Å²) in [5.74, 6) is 1.41. The van der Waals surface area contributed by atoms with Crippen molar-refractivity contribution in [3.05, 3.63) is 108 Å². The molecule has 0 aliphatic carbocycles. The van der Waals surface area contributed by atoms with Gasteiger partial charge in [-0.15, -0.1) is 24.8 Å². The van der Waals surface area contributed by atoms with E-state index in [1.807, 2.05) is 48.7 Å². The Balaban J connectivity index is 0.00000194. The number of aromatic nitrogens is 2. The van der Waals surface area contributed by atoms with E-state index < -0.39 is 0 Å². The van der Waals surface area contributed by atoms with E-state index in [1.165, 1.54) is 5.56 Å². The van der Waals surface area contributed by atoms with Crippen LogP contribution in [0.3, 0.4) is 0 Å². The molecular formula is C32H31Cl2N5O2. The zero-order valence-electron chi connectivity index (χ0n) is 22.5. The van der Waals surface area contributed by atoms with Crippen LogP contribution in [-0.4, -0.2) is 36.3 Å². The number of aromatic amines is 1. The van der Waals surface area contributed by atoms with Crippen LogP contribution in [0.25, 0.3) is 22.2 Å². The summed E-state index contributed by atoms with van der Waals surface area (Å²) >= 11 is 0. The number of nitriles is 1. The summed E-state index contributed by atoms with van der Waals surface area (Å²) in [6.45, 7) is 1.41. The predicted octanol–water partition coefficient (Wildman–Crippen LogP) is 6.70. The average Bonchev–Trinajstić information content (AvgIpc) is 3.44. The van der Waals surface area contributed by atoms with Crippen molar-refractivity contribution < 1.29 is 9.47 Å². The number of hydrogen-bond acceptors (Lipinski definition) is 6. The van der Waals surface area contributed by atoms with Crippen LogP contribution in [0.2, 0.25) is 0 Å². The molecule has 0 amide bonds. The molecule has 0 saturated carbocycles. The van der Waals surface area contributed by atoms with Crippen LogP contribution in [0.1, 0.15) is 22.7 Å². The second-order valence-electron chi connectivity index (χ2n) is 9.62. The van der Waals surface area contributed by atoms with Crippen molar-refractivity contribution in [1.82, 2.24) is 15.3 Å². The van der Waals surface area contributed by atoms with Gasteiger partial charge in [0.05, 0.1) is 42.5 Å². The number of H-pyrrole nitrogens is 1. The Labute approximate surface area is 251 Å². The third-order valence-electron chi connectivity index (χ3n) is 7.15. The molecule has 5 aromatic rings. The SMILES string of the molecule is COc1cccc2cc(-c3cnc4c(c3)NC[C@@H]([C@H](NCCc3ccc(C#N)cc3)c3ccccc3)O4)[nH]c12.Cl.Cl. The smallest absolute Gasteiger partial charge is 0.237 e. The fraction of sp³-hybridized carbons (Fsp3) is 0.188. The van der Waals surface area contributed by atoms with Crippen molar-refractivity contribution in [1.29, 1.82) is 5.26 Å². The Morgan fingerprint density at radius 2 is 1.85 bits per heavy atom. The van der Waals surface area contributed by atoms with Gasteiger partial charge in [-0.25, -0.2) is 4.98 Å². The Kier molecular flexibility index (Phi) is 9.74. The van der Waals surface area contributed by atoms with Gasteiger partial charge in [0, 0.05) is 22.8 Å². The molecule has 2 atom stereocenters. The zero-order chi connectivity index (χ0) is 26.6. The molecule has 1 aliphatic rings. The molecule has 0 unspecified atom stereocenters. The molecule has 0 fully saturated rings. The van der Waals surface area contributed by atoms with Crippen molar-refractivity contribution in [3.63, 3.8) is 0 Å². The number of halogens is 2. The fourth-order valence-corrected chi connectivity index (χ4v) is 5.10. The fourth-order valence-electron chi connectivity index (χ4n) is 5.10. The number of ether oxygens (including phenoxy) is 2. The van der Waals surface area contributed by atoms with Gasteiger partial charge in [0.25, 0.3) is 0 Å². The van der Waals surface area contributed by atoms with E-state index in [2.05, 4.69) is 69.1 Å². The Morgan fingerprint density at radius 1 is 1.05 bits per heavy atom. The van der Waals surface area contributed by atoms with Gasteiger partial charge in [-0.1, -0.05) is 54.6 Å². The average molecular weight is 589 g/mol. The van der Waals surface area contributed by atoms with E-state index in [0.29, 0.717) is 18.0 Å². The molecule has 3 aromatic carbocycles. The minimum Gasteiger partial charge on any atom is -0.495 e. The third-order valence-corrected chi connectivity index (χ3v) is 7.15. The number of rotatable bonds is 8. The van der Waals surface area contributed by atoms with Crippen molar-refractivity contribution in [2.75, 3.05) is 25.5 Å². The Morgan fingerprint density at radius 3 is 2.61 bits per heavy atom. The maximum atomic E-state index is 9.05. The quantitative estimate of drug-likeness (QED) is 0.187. The minimum atomic E-state index is -0.142. The highest BCUT2D eigenvalue weighted by Gasteiger charge is 2.29. The first-order chi connectivity index (χ1) is 19.2. The molecule has 210 valence electrons. The number of pyridine rings is 1. The monoisotopic (exact) mass is 587 g/mol. The number of fused-ring (bicyclic) bond motifs is 2. The molecule has 0 radical (unpaired) electrons. The summed E-state index contributed by atoms with van der Waals surface area (Å²) in [5.41, 5.74) is 6.81. The van der Waals surface area contributed by atoms with Crippen LogP contribution in [0, 0.1) is 11.3 Å². The van der Waals surface area contributed by atoms with Gasteiger partial charge in [0.1, 0.15) is 11.9 Å². The molecule has 0 saturated heterocycles. The molecule has 1 aliphatic heterocycles. The molecule has 3 N–H and O–H groups in total. The number of nitrogens with zero attached hydrogens (tertiary/aromatic N) is 2. The minimum absolute atomic E-state index is 0. The molecule has 9 heteroatoms. The second-order valence-corrected chi connectivity index (χ2v) is 9.62. The van der Waals surface area contributed by atoms with Crippen LogP contribution < -0.4 is 20.1 Å². The molecular weight excluding hydrogens is 557 g/mol. The van der Waals surface area contributed by atoms with E-state index in [4.69, 9.17) is 14.7 Å². The van der Waals surface area contributed by atoms with Gasteiger partial charge in [-0.05, 0) is 54.4 Å². The van der Waals surface area contributed by atoms with Crippen molar-refractivity contribution in [2.45, 2.75) is 18.6 Å². The lowest BCUT2D eigenvalue weighted by atomic mass is 9.99. The highest BCUT2D eigenvalue weighted by atomic mass is 35.5. The molecule has 3 heterocycles. The van der Waals surface area contributed by atoms with Crippen LogP contribution in [0.5, 0.6) is 11.6 Å². The summed E-state index contributed by atoms with van der Waals surface area (Å²) in [4.78, 5) is 8.16. The highest BCUT2D eigenvalue weighted by molar-refractivity contribution is 5.90. The van der Waals surface area contributed by atoms with Gasteiger partial charge < -0.3 is 25.1 Å². The van der Waals surface area contributed by atoms with E-state index in [-0.39, 0.29) is 37.0 Å². The lowest BCUT2D eigenvalue weighted by Gasteiger charge is -2.33. The van der Waals surface area contributed by atoms with E-state index in [0.717, 1.165) is 52.1 Å². The zero-order valence-corrected chi connectivity index (χ0v) is 24.1. The number of benzene rings is 3. The van der Waals surface area contributed by atoms with Crippen LogP contribution in [0.4, 0.5) is 5.69 Å². The molecule has 0 bridgehead atoms. The molecule has 0 spiro atoms. The standard InChI is InChI=1S/C32H29N5O2.2ClH/c1-38-28-9-5-8-24-16-26(37-31(24)28)25-17-27-32(36-19-25)39-29(20-35-27)30(23-6-3-2-4-7-23)34-15-14-21-10-12-22(18-33)13-11-21;;/h2-13,16-17,19,29-30,34-35,37H,14-15,20H2,1H3;2*1H/t29-,30+;;/m0../s1. The number of hydrogen-bond donors (Lipinski definition) is 3. The lowest BCUT2D eigenvalue weighted by Crippen LogP contribution is -2.43. The number of methoxy groups -OCH3 is 1. The summed E-state index contributed by atoms with van der Waals surface area (Å²) < 4.78 is 12.0. The van der Waals surface area contributed by atoms with Gasteiger partial charge in [-0.3, -0.25) is 0 Å². The summed E-state index contributed by atoms with van der Waals surface area (Å²) in [7, 11) is 1.68. The van der Waals surface area contributed by atoms with Crippen LogP contribution >= 0.6 is 24.8 Å². The molecule has 6 rings (SSSR count). The van der Waals surface area contributed by atoms with Gasteiger partial charge in [0.15, 0.2) is 0 Å². The van der Waals surface area contributed by atoms with Gasteiger partial charge in [0.2, 0.25) is 5.88 Å². The summed E-state index contributed by atoms with van der Waals surface area (Å²) in [6.07, 6.45) is 2.55. The third kappa shape index (κ3) is 6.41. The normalized spacial score (nSPS) is 14.3. The Bertz CT molecular complexity index is 1630. The summed E-state index contributed by atoms with van der Waals surface area (Å²) in [5, 5.41) is 17.4. The van der Waals surface area contributed by atoms with Crippen LogP contribution in [0.15, 0.2) is 91.1 Å². The largest absolute Gasteiger partial charge is 0.495 e. The first-order valence-corrected chi connectivity index (χ1v) is 13.1. The van der Waals surface area contributed by atoms with E-state index >= 15 is 0 Å². The first-order valence-electron chi connectivity index (χ1n) is 13.1. The topological polar surface area (TPSA) is 95.0 Å². The van der Waals surface area contributed by atoms with Gasteiger partial charge in [-0.2, -0.15) is 5.26 Å². The maximum Gasteiger partial charge on any atom is 0.237 e. The van der Waals surface area contributed by atoms with E-state index in [1.54, 1.807) is 7.11 Å². The van der Waals surface area contributed by atoms with Crippen molar-refractivity contribution >= 4 is 41.4 Å². The maximum absolute atomic E-state index is 9.05. The molecule has 41 heavy (non-hydrogen) atoms.